The fourth-order valence-electron chi connectivity index (χ4n) is 0.967. The summed E-state index contributed by atoms with van der Waals surface area (Å²) < 4.78 is 1.01. The Morgan fingerprint density at radius 1 is 1.27 bits per heavy atom. The molecule has 0 amide bonds. The molecule has 0 aliphatic carbocycles. The second-order valence-electron chi connectivity index (χ2n) is 3.43. The van der Waals surface area contributed by atoms with Crippen LogP contribution in [0, 0.1) is 0 Å². The average Bonchev–Trinajstić information content (AvgIpc) is 2.00. The maximum Gasteiger partial charge on any atom is 0.135 e. The third kappa shape index (κ3) is 4.14. The van der Waals surface area contributed by atoms with Crippen LogP contribution in [0.1, 0.15) is 27.2 Å². The van der Waals surface area contributed by atoms with E-state index >= 15 is 0 Å². The van der Waals surface area contributed by atoms with Gasteiger partial charge in [-0.15, -0.1) is 0 Å². The first-order chi connectivity index (χ1) is 5.04. The van der Waals surface area contributed by atoms with Crippen molar-refractivity contribution >= 4 is 5.78 Å². The van der Waals surface area contributed by atoms with E-state index in [0.29, 0.717) is 5.78 Å². The number of carbonyl (C=O) groups is 1. The van der Waals surface area contributed by atoms with Crippen LogP contribution in [0.2, 0.25) is 0 Å². The lowest BCUT2D eigenvalue weighted by atomic mass is 10.2. The fraction of sp³-hybridized carbons (Fsp3) is 0.889. The van der Waals surface area contributed by atoms with E-state index in [-0.39, 0.29) is 0 Å². The number of nitrogens with zero attached hydrogens (tertiary/aromatic N) is 1. The van der Waals surface area contributed by atoms with Crippen LogP contribution in [0.25, 0.3) is 0 Å². The number of rotatable bonds is 5. The predicted octanol–water partition coefficient (Wildman–Crippen LogP) is 1.45. The van der Waals surface area contributed by atoms with Gasteiger partial charge in [-0.1, -0.05) is 0 Å². The van der Waals surface area contributed by atoms with Gasteiger partial charge in [0, 0.05) is 0 Å². The third-order valence-corrected chi connectivity index (χ3v) is 2.53. The minimum absolute atomic E-state index is 0.302. The van der Waals surface area contributed by atoms with Gasteiger partial charge in [0.25, 0.3) is 0 Å². The maximum atomic E-state index is 10.7. The van der Waals surface area contributed by atoms with Gasteiger partial charge in [0.1, 0.15) is 5.78 Å². The van der Waals surface area contributed by atoms with Gasteiger partial charge in [-0.05, 0) is 20.8 Å². The Kier molecular flexibility index (Phi) is 4.34. The summed E-state index contributed by atoms with van der Waals surface area (Å²) >= 11 is 0. The van der Waals surface area contributed by atoms with Crippen molar-refractivity contribution in [3.63, 3.8) is 0 Å². The van der Waals surface area contributed by atoms with E-state index in [4.69, 9.17) is 0 Å². The van der Waals surface area contributed by atoms with Crippen LogP contribution in [0.3, 0.4) is 0 Å². The monoisotopic (exact) mass is 158 g/mol. The lowest BCUT2D eigenvalue weighted by Gasteiger charge is -2.31. The molecule has 11 heavy (non-hydrogen) atoms. The summed E-state index contributed by atoms with van der Waals surface area (Å²) in [6.07, 6.45) is 0.720. The van der Waals surface area contributed by atoms with Crippen molar-refractivity contribution in [1.82, 2.24) is 0 Å². The van der Waals surface area contributed by atoms with Gasteiger partial charge >= 0.3 is 0 Å². The van der Waals surface area contributed by atoms with Gasteiger partial charge in [0.2, 0.25) is 0 Å². The molecule has 0 radical (unpaired) electrons. The zero-order valence-corrected chi connectivity index (χ0v) is 8.18. The molecule has 2 nitrogen and oxygen atoms in total. The number of hydrogen-bond donors (Lipinski definition) is 0. The Hall–Kier alpha value is -0.370. The van der Waals surface area contributed by atoms with Crippen LogP contribution in [-0.2, 0) is 4.79 Å². The molecule has 0 heterocycles. The first-order valence-electron chi connectivity index (χ1n) is 4.37. The number of carbonyl (C=O) groups excluding carboxylic acids is 1. The van der Waals surface area contributed by atoms with Crippen molar-refractivity contribution in [2.75, 3.05) is 26.7 Å². The number of ketones is 1. The molecule has 0 rings (SSSR count). The van der Waals surface area contributed by atoms with E-state index in [1.54, 1.807) is 6.92 Å². The van der Waals surface area contributed by atoms with Crippen LogP contribution in [0.4, 0.5) is 0 Å². The van der Waals surface area contributed by atoms with Crippen molar-refractivity contribution < 1.29 is 9.28 Å². The smallest absolute Gasteiger partial charge is 0.135 e. The second kappa shape index (κ2) is 4.50. The number of hydrogen-bond acceptors (Lipinski definition) is 1. The molecule has 0 unspecified atom stereocenters. The highest BCUT2D eigenvalue weighted by atomic mass is 16.1. The van der Waals surface area contributed by atoms with Crippen molar-refractivity contribution in [2.45, 2.75) is 27.2 Å². The second-order valence-corrected chi connectivity index (χ2v) is 3.43. The van der Waals surface area contributed by atoms with E-state index < -0.39 is 0 Å². The van der Waals surface area contributed by atoms with Crippen LogP contribution >= 0.6 is 0 Å². The summed E-state index contributed by atoms with van der Waals surface area (Å²) in [6, 6.07) is 0. The van der Waals surface area contributed by atoms with Crippen molar-refractivity contribution in [1.29, 1.82) is 0 Å². The molecule has 66 valence electrons. The minimum atomic E-state index is 0.302. The molecule has 2 heteroatoms. The summed E-state index contributed by atoms with van der Waals surface area (Å²) in [5.41, 5.74) is 0. The average molecular weight is 158 g/mol. The van der Waals surface area contributed by atoms with Gasteiger partial charge in [-0.2, -0.15) is 0 Å². The molecule has 0 bridgehead atoms. The van der Waals surface area contributed by atoms with Crippen molar-refractivity contribution in [3.05, 3.63) is 0 Å². The lowest BCUT2D eigenvalue weighted by Crippen LogP contribution is -2.44. The van der Waals surface area contributed by atoms with Crippen LogP contribution < -0.4 is 0 Å². The largest absolute Gasteiger partial charge is 0.326 e. The SMILES string of the molecule is CC[N+](C)(CC)CCC(C)=O. The Morgan fingerprint density at radius 3 is 2.00 bits per heavy atom. The normalized spacial score (nSPS) is 11.6. The summed E-state index contributed by atoms with van der Waals surface area (Å²) in [4.78, 5) is 10.7. The molecule has 0 atom stereocenters. The first kappa shape index (κ1) is 10.6. The number of quaternary nitrogens is 1. The minimum Gasteiger partial charge on any atom is -0.326 e. The molecule has 0 saturated carbocycles. The number of Topliss-reactive ketones (excluding diaryl/α,β-unsaturated/α-hetero) is 1. The van der Waals surface area contributed by atoms with Crippen molar-refractivity contribution in [3.8, 4) is 0 Å². The summed E-state index contributed by atoms with van der Waals surface area (Å²) in [7, 11) is 2.20. The van der Waals surface area contributed by atoms with Crippen LogP contribution in [0.15, 0.2) is 0 Å². The first-order valence-corrected chi connectivity index (χ1v) is 4.37. The molecular formula is C9H20NO+. The molecular weight excluding hydrogens is 138 g/mol. The Bertz CT molecular complexity index is 128. The predicted molar refractivity (Wildman–Crippen MR) is 47.4 cm³/mol. The van der Waals surface area contributed by atoms with E-state index in [2.05, 4.69) is 20.9 Å². The zero-order chi connectivity index (χ0) is 8.91. The Morgan fingerprint density at radius 2 is 1.73 bits per heavy atom. The topological polar surface area (TPSA) is 17.1 Å². The van der Waals surface area contributed by atoms with Crippen LogP contribution in [-0.4, -0.2) is 36.9 Å². The molecule has 0 N–H and O–H groups in total. The summed E-state index contributed by atoms with van der Waals surface area (Å²) in [5.74, 6) is 0.302. The summed E-state index contributed by atoms with van der Waals surface area (Å²) in [5, 5.41) is 0. The Labute approximate surface area is 69.8 Å². The lowest BCUT2D eigenvalue weighted by molar-refractivity contribution is -0.905. The molecule has 0 aromatic carbocycles. The highest BCUT2D eigenvalue weighted by Gasteiger charge is 2.16. The standard InChI is InChI=1S/C9H20NO/c1-5-10(4,6-2)8-7-9(3)11/h5-8H2,1-4H3/q+1. The van der Waals surface area contributed by atoms with Gasteiger partial charge in [0.15, 0.2) is 0 Å². The molecule has 0 aromatic heterocycles. The quantitative estimate of drug-likeness (QED) is 0.553. The van der Waals surface area contributed by atoms with Crippen LogP contribution in [0.5, 0.6) is 0 Å². The van der Waals surface area contributed by atoms with Gasteiger partial charge in [-0.25, -0.2) is 0 Å². The van der Waals surface area contributed by atoms with Crippen molar-refractivity contribution in [2.24, 2.45) is 0 Å². The molecule has 0 aromatic rings. The highest BCUT2D eigenvalue weighted by Crippen LogP contribution is 2.02. The van der Waals surface area contributed by atoms with E-state index in [9.17, 15) is 4.79 Å². The molecule has 0 fully saturated rings. The van der Waals surface area contributed by atoms with Gasteiger partial charge in [-0.3, -0.25) is 4.79 Å². The van der Waals surface area contributed by atoms with Gasteiger partial charge < -0.3 is 4.48 Å². The Balaban J connectivity index is 3.78. The van der Waals surface area contributed by atoms with E-state index in [1.807, 2.05) is 0 Å². The van der Waals surface area contributed by atoms with Gasteiger partial charge in [0.05, 0.1) is 33.1 Å². The molecule has 0 spiro atoms. The van der Waals surface area contributed by atoms with E-state index in [1.165, 1.54) is 0 Å². The molecule has 0 aliphatic rings. The third-order valence-electron chi connectivity index (χ3n) is 2.53. The molecule has 0 aliphatic heterocycles. The summed E-state index contributed by atoms with van der Waals surface area (Å²) in [6.45, 7) is 9.22. The molecule has 0 saturated heterocycles. The highest BCUT2D eigenvalue weighted by molar-refractivity contribution is 5.75. The fourth-order valence-corrected chi connectivity index (χ4v) is 0.967. The maximum absolute atomic E-state index is 10.7. The zero-order valence-electron chi connectivity index (χ0n) is 8.18. The van der Waals surface area contributed by atoms with E-state index in [0.717, 1.165) is 30.5 Å².